The molecule has 0 fully saturated rings. The predicted octanol–water partition coefficient (Wildman–Crippen LogP) is 5.24. The number of anilines is 2. The van der Waals surface area contributed by atoms with Crippen molar-refractivity contribution < 1.29 is 22.7 Å². The summed E-state index contributed by atoms with van der Waals surface area (Å²) in [5, 5.41) is 2.43. The molecule has 0 radical (unpaired) electrons. The van der Waals surface area contributed by atoms with Crippen molar-refractivity contribution in [3.8, 4) is 11.5 Å². The Kier molecular flexibility index (Phi) is 8.11. The zero-order valence-corrected chi connectivity index (χ0v) is 21.3. The van der Waals surface area contributed by atoms with Crippen molar-refractivity contribution in [2.45, 2.75) is 35.8 Å². The number of benzene rings is 3. The Morgan fingerprint density at radius 3 is 2.21 bits per heavy atom. The van der Waals surface area contributed by atoms with Gasteiger partial charge in [0, 0.05) is 10.6 Å². The van der Waals surface area contributed by atoms with Gasteiger partial charge in [0.1, 0.15) is 0 Å². The minimum absolute atomic E-state index is 0.109. The molecule has 0 heterocycles. The molecule has 0 spiro atoms. The van der Waals surface area contributed by atoms with Gasteiger partial charge in [-0.05, 0) is 74.9 Å². The van der Waals surface area contributed by atoms with Crippen molar-refractivity contribution >= 4 is 39.1 Å². The second-order valence-electron chi connectivity index (χ2n) is 7.71. The van der Waals surface area contributed by atoms with Crippen molar-refractivity contribution in [2.24, 2.45) is 0 Å². The highest BCUT2D eigenvalue weighted by Gasteiger charge is 2.18. The second-order valence-corrected chi connectivity index (χ2v) is 10.8. The average Bonchev–Trinajstić information content (AvgIpc) is 2.81. The van der Waals surface area contributed by atoms with E-state index in [1.54, 1.807) is 45.4 Å². The van der Waals surface area contributed by atoms with E-state index < -0.39 is 15.3 Å². The minimum Gasteiger partial charge on any atom is -0.493 e. The van der Waals surface area contributed by atoms with E-state index in [2.05, 4.69) is 10.0 Å². The lowest BCUT2D eigenvalue weighted by atomic mass is 10.1. The number of rotatable bonds is 9. The number of carbonyl (C=O) groups excluding carboxylic acids is 1. The van der Waals surface area contributed by atoms with E-state index in [9.17, 15) is 13.2 Å². The Morgan fingerprint density at radius 1 is 0.912 bits per heavy atom. The fourth-order valence-corrected chi connectivity index (χ4v) is 5.27. The van der Waals surface area contributed by atoms with Gasteiger partial charge >= 0.3 is 0 Å². The summed E-state index contributed by atoms with van der Waals surface area (Å²) >= 11 is 1.38. The van der Waals surface area contributed by atoms with E-state index in [-0.39, 0.29) is 10.8 Å². The summed E-state index contributed by atoms with van der Waals surface area (Å²) in [7, 11) is -0.627. The smallest absolute Gasteiger partial charge is 0.261 e. The molecule has 0 aromatic heterocycles. The van der Waals surface area contributed by atoms with E-state index in [4.69, 9.17) is 9.47 Å². The number of aryl methyl sites for hydroxylation is 2. The second kappa shape index (κ2) is 10.8. The minimum atomic E-state index is -3.75. The molecule has 0 unspecified atom stereocenters. The van der Waals surface area contributed by atoms with Crippen LogP contribution in [0.25, 0.3) is 0 Å². The Balaban J connectivity index is 1.65. The molecule has 0 bridgehead atoms. The summed E-state index contributed by atoms with van der Waals surface area (Å²) in [5.74, 6) is 1.00. The number of ether oxygens (including phenoxy) is 2. The van der Waals surface area contributed by atoms with Crippen molar-refractivity contribution in [1.29, 1.82) is 0 Å². The van der Waals surface area contributed by atoms with Crippen LogP contribution in [0.2, 0.25) is 0 Å². The lowest BCUT2D eigenvalue weighted by Crippen LogP contribution is -2.22. The summed E-state index contributed by atoms with van der Waals surface area (Å²) < 4.78 is 38.7. The maximum absolute atomic E-state index is 12.8. The summed E-state index contributed by atoms with van der Waals surface area (Å²) in [5.41, 5.74) is 2.94. The molecule has 9 heteroatoms. The first-order chi connectivity index (χ1) is 16.1. The van der Waals surface area contributed by atoms with E-state index in [1.807, 2.05) is 38.1 Å². The van der Waals surface area contributed by atoms with Crippen molar-refractivity contribution in [1.82, 2.24) is 0 Å². The molecule has 0 aliphatic carbocycles. The van der Waals surface area contributed by atoms with Crippen LogP contribution in [0.15, 0.2) is 70.5 Å². The molecule has 180 valence electrons. The molecule has 0 saturated carbocycles. The molecule has 1 atom stereocenters. The van der Waals surface area contributed by atoms with Gasteiger partial charge in [0.25, 0.3) is 10.0 Å². The maximum Gasteiger partial charge on any atom is 0.261 e. The van der Waals surface area contributed by atoms with Crippen LogP contribution < -0.4 is 19.5 Å². The summed E-state index contributed by atoms with van der Waals surface area (Å²) in [6.07, 6.45) is 0. The largest absolute Gasteiger partial charge is 0.493 e. The third-order valence-corrected chi connectivity index (χ3v) is 7.57. The number of nitrogens with one attached hydrogen (secondary N) is 2. The molecular formula is C25H28N2O5S2. The first-order valence-corrected chi connectivity index (χ1v) is 12.9. The van der Waals surface area contributed by atoms with Crippen LogP contribution in [-0.2, 0) is 14.8 Å². The van der Waals surface area contributed by atoms with Gasteiger partial charge in [-0.1, -0.05) is 17.7 Å². The molecule has 3 aromatic rings. The van der Waals surface area contributed by atoms with Gasteiger partial charge in [-0.15, -0.1) is 11.8 Å². The highest BCUT2D eigenvalue weighted by atomic mass is 32.2. The zero-order valence-electron chi connectivity index (χ0n) is 19.7. The van der Waals surface area contributed by atoms with Gasteiger partial charge in [0.2, 0.25) is 5.91 Å². The van der Waals surface area contributed by atoms with Crippen LogP contribution in [0.4, 0.5) is 11.4 Å². The SMILES string of the molecule is COc1ccc(S[C@@H](C)C(=O)Nc2ccc(S(=O)(=O)Nc3ccc(C)cc3C)cc2)cc1OC. The number of thioether (sulfide) groups is 1. The van der Waals surface area contributed by atoms with Gasteiger partial charge in [-0.2, -0.15) is 0 Å². The summed E-state index contributed by atoms with van der Waals surface area (Å²) in [6.45, 7) is 5.60. The monoisotopic (exact) mass is 500 g/mol. The van der Waals surface area contributed by atoms with E-state index in [0.717, 1.165) is 16.0 Å². The van der Waals surface area contributed by atoms with Crippen LogP contribution >= 0.6 is 11.8 Å². The highest BCUT2D eigenvalue weighted by Crippen LogP contribution is 2.33. The first-order valence-electron chi connectivity index (χ1n) is 10.5. The van der Waals surface area contributed by atoms with Crippen LogP contribution in [0.1, 0.15) is 18.1 Å². The molecule has 0 saturated heterocycles. The third kappa shape index (κ3) is 6.24. The Labute approximate surface area is 204 Å². The third-order valence-electron chi connectivity index (χ3n) is 5.10. The van der Waals surface area contributed by atoms with Crippen molar-refractivity contribution in [3.05, 3.63) is 71.8 Å². The summed E-state index contributed by atoms with van der Waals surface area (Å²) in [6, 6.07) is 17.0. The number of hydrogen-bond acceptors (Lipinski definition) is 6. The fraction of sp³-hybridized carbons (Fsp3) is 0.240. The molecule has 0 aliphatic heterocycles. The molecular weight excluding hydrogens is 472 g/mol. The van der Waals surface area contributed by atoms with Crippen LogP contribution in [0, 0.1) is 13.8 Å². The van der Waals surface area contributed by atoms with E-state index >= 15 is 0 Å². The van der Waals surface area contributed by atoms with Crippen LogP contribution in [-0.4, -0.2) is 33.8 Å². The highest BCUT2D eigenvalue weighted by molar-refractivity contribution is 8.00. The summed E-state index contributed by atoms with van der Waals surface area (Å²) in [4.78, 5) is 13.6. The molecule has 34 heavy (non-hydrogen) atoms. The fourth-order valence-electron chi connectivity index (χ4n) is 3.24. The Morgan fingerprint density at radius 2 is 1.59 bits per heavy atom. The lowest BCUT2D eigenvalue weighted by Gasteiger charge is -2.14. The van der Waals surface area contributed by atoms with Gasteiger partial charge in [-0.25, -0.2) is 8.42 Å². The average molecular weight is 501 g/mol. The van der Waals surface area contributed by atoms with Crippen molar-refractivity contribution in [3.63, 3.8) is 0 Å². The van der Waals surface area contributed by atoms with Gasteiger partial charge in [0.05, 0.1) is 30.1 Å². The van der Waals surface area contributed by atoms with E-state index in [1.165, 1.54) is 23.9 Å². The van der Waals surface area contributed by atoms with E-state index in [0.29, 0.717) is 22.9 Å². The number of carbonyl (C=O) groups is 1. The number of sulfonamides is 1. The van der Waals surface area contributed by atoms with Gasteiger partial charge < -0.3 is 14.8 Å². The van der Waals surface area contributed by atoms with Crippen LogP contribution in [0.3, 0.4) is 0 Å². The number of amides is 1. The number of methoxy groups -OCH3 is 2. The Bertz CT molecular complexity index is 1270. The quantitative estimate of drug-likeness (QED) is 0.390. The molecule has 3 aromatic carbocycles. The molecule has 1 amide bonds. The molecule has 2 N–H and O–H groups in total. The van der Waals surface area contributed by atoms with Gasteiger partial charge in [0.15, 0.2) is 11.5 Å². The topological polar surface area (TPSA) is 93.7 Å². The first kappa shape index (κ1) is 25.5. The molecule has 7 nitrogen and oxygen atoms in total. The van der Waals surface area contributed by atoms with Crippen molar-refractivity contribution in [2.75, 3.05) is 24.3 Å². The zero-order chi connectivity index (χ0) is 24.9. The normalized spacial score (nSPS) is 12.0. The predicted molar refractivity (Wildman–Crippen MR) is 137 cm³/mol. The maximum atomic E-state index is 12.8. The molecule has 0 aliphatic rings. The Hall–Kier alpha value is -3.17. The lowest BCUT2D eigenvalue weighted by molar-refractivity contribution is -0.115. The molecule has 3 rings (SSSR count). The number of hydrogen-bond donors (Lipinski definition) is 2. The standard InChI is InChI=1S/C25H28N2O5S2/c1-16-6-12-22(17(2)14-16)27-34(29,30)21-10-7-19(8-11-21)26-25(28)18(3)33-20-9-13-23(31-4)24(15-20)32-5/h6-15,18,27H,1-5H3,(H,26,28)/t18-/m0/s1. The van der Waals surface area contributed by atoms with Gasteiger partial charge in [-0.3, -0.25) is 9.52 Å². The van der Waals surface area contributed by atoms with Crippen LogP contribution in [0.5, 0.6) is 11.5 Å².